The summed E-state index contributed by atoms with van der Waals surface area (Å²) in [5.41, 5.74) is 0. The van der Waals surface area contributed by atoms with E-state index in [0.717, 1.165) is 19.4 Å². The second kappa shape index (κ2) is 6.52. The van der Waals surface area contributed by atoms with Crippen LogP contribution in [0.5, 0.6) is 6.01 Å². The van der Waals surface area contributed by atoms with E-state index in [4.69, 9.17) is 16.3 Å². The molecule has 1 saturated heterocycles. The Morgan fingerprint density at radius 1 is 1.53 bits per heavy atom. The van der Waals surface area contributed by atoms with Crippen LogP contribution in [0.4, 0.5) is 0 Å². The van der Waals surface area contributed by atoms with Gasteiger partial charge in [-0.3, -0.25) is 4.79 Å². The molecule has 1 aliphatic heterocycles. The minimum atomic E-state index is -0.0656. The van der Waals surface area contributed by atoms with Crippen LogP contribution in [0.15, 0.2) is 24.5 Å². The molecule has 0 bridgehead atoms. The molecule has 0 spiro atoms. The zero-order valence-electron chi connectivity index (χ0n) is 10.8. The molecule has 102 valence electrons. The molecular weight excluding hydrogens is 266 g/mol. The number of amides is 1. The van der Waals surface area contributed by atoms with E-state index in [9.17, 15) is 4.79 Å². The molecule has 0 aromatic carbocycles. The number of aromatic nitrogens is 2. The Hall–Kier alpha value is -1.62. The summed E-state index contributed by atoms with van der Waals surface area (Å²) in [6, 6.07) is 0.301. The largest absolute Gasteiger partial charge is 0.458 e. The smallest absolute Gasteiger partial charge is 0.316 e. The lowest BCUT2D eigenvalue weighted by Gasteiger charge is -2.31. The van der Waals surface area contributed by atoms with Crippen LogP contribution in [0.1, 0.15) is 19.8 Å². The average Bonchev–Trinajstić information content (AvgIpc) is 2.42. The number of carbonyl (C=O) groups is 1. The molecule has 0 N–H and O–H groups in total. The third-order valence-electron chi connectivity index (χ3n) is 2.87. The van der Waals surface area contributed by atoms with Gasteiger partial charge in [0.25, 0.3) is 0 Å². The van der Waals surface area contributed by atoms with E-state index in [1.807, 2.05) is 6.92 Å². The molecule has 1 unspecified atom stereocenters. The predicted octanol–water partition coefficient (Wildman–Crippen LogP) is 2.08. The molecule has 1 atom stereocenters. The van der Waals surface area contributed by atoms with Crippen LogP contribution >= 0.6 is 11.6 Å². The summed E-state index contributed by atoms with van der Waals surface area (Å²) in [6.07, 6.45) is 8.05. The highest BCUT2D eigenvalue weighted by molar-refractivity contribution is 6.30. The minimum Gasteiger partial charge on any atom is -0.458 e. The van der Waals surface area contributed by atoms with Crippen molar-refractivity contribution < 1.29 is 9.53 Å². The highest BCUT2D eigenvalue weighted by atomic mass is 35.5. The molecule has 1 fully saturated rings. The lowest BCUT2D eigenvalue weighted by Crippen LogP contribution is -2.43. The molecule has 0 radical (unpaired) electrons. The van der Waals surface area contributed by atoms with Gasteiger partial charge in [-0.15, -0.1) is 0 Å². The fourth-order valence-electron chi connectivity index (χ4n) is 1.99. The van der Waals surface area contributed by atoms with Gasteiger partial charge in [-0.1, -0.05) is 17.7 Å². The van der Waals surface area contributed by atoms with Gasteiger partial charge < -0.3 is 9.64 Å². The van der Waals surface area contributed by atoms with Crippen LogP contribution < -0.4 is 4.74 Å². The summed E-state index contributed by atoms with van der Waals surface area (Å²) in [5, 5.41) is 0.473. The summed E-state index contributed by atoms with van der Waals surface area (Å²) in [6.45, 7) is 3.16. The van der Waals surface area contributed by atoms with Crippen molar-refractivity contribution in [3.63, 3.8) is 0 Å². The molecule has 1 amide bonds. The maximum atomic E-state index is 11.8. The normalized spacial score (nSPS) is 19.7. The van der Waals surface area contributed by atoms with E-state index in [1.54, 1.807) is 17.1 Å². The third kappa shape index (κ3) is 3.92. The summed E-state index contributed by atoms with van der Waals surface area (Å²) >= 11 is 5.71. The first-order valence-electron chi connectivity index (χ1n) is 6.25. The van der Waals surface area contributed by atoms with Gasteiger partial charge in [0.1, 0.15) is 6.10 Å². The van der Waals surface area contributed by atoms with Crippen LogP contribution in [-0.4, -0.2) is 40.0 Å². The summed E-state index contributed by atoms with van der Waals surface area (Å²) in [4.78, 5) is 21.5. The van der Waals surface area contributed by atoms with Gasteiger partial charge in [-0.2, -0.15) is 0 Å². The number of hydrogen-bond donors (Lipinski definition) is 0. The molecular formula is C13H16ClN3O2. The second-order valence-electron chi connectivity index (χ2n) is 4.35. The van der Waals surface area contributed by atoms with Crippen LogP contribution in [0.2, 0.25) is 5.02 Å². The number of halogens is 1. The second-order valence-corrected chi connectivity index (χ2v) is 4.79. The first-order chi connectivity index (χ1) is 9.19. The predicted molar refractivity (Wildman–Crippen MR) is 72.1 cm³/mol. The molecule has 0 aliphatic carbocycles. The molecule has 2 heterocycles. The van der Waals surface area contributed by atoms with E-state index in [1.165, 1.54) is 12.4 Å². The number of hydrogen-bond acceptors (Lipinski definition) is 4. The van der Waals surface area contributed by atoms with Crippen LogP contribution in [0, 0.1) is 0 Å². The number of ether oxygens (including phenoxy) is 1. The van der Waals surface area contributed by atoms with Crippen LogP contribution in [-0.2, 0) is 4.79 Å². The van der Waals surface area contributed by atoms with Crippen molar-refractivity contribution in [1.82, 2.24) is 14.9 Å². The van der Waals surface area contributed by atoms with Gasteiger partial charge in [-0.05, 0) is 25.8 Å². The van der Waals surface area contributed by atoms with Gasteiger partial charge in [0.05, 0.1) is 24.0 Å². The number of piperidine rings is 1. The zero-order chi connectivity index (χ0) is 13.7. The monoisotopic (exact) mass is 281 g/mol. The highest BCUT2D eigenvalue weighted by Gasteiger charge is 2.24. The fourth-order valence-corrected chi connectivity index (χ4v) is 2.09. The molecule has 5 nitrogen and oxygen atoms in total. The Balaban J connectivity index is 1.94. The number of allylic oxidation sites excluding steroid dienone is 1. The maximum absolute atomic E-state index is 11.8. The van der Waals surface area contributed by atoms with E-state index in [2.05, 4.69) is 9.97 Å². The minimum absolute atomic E-state index is 0.0211. The maximum Gasteiger partial charge on any atom is 0.316 e. The highest BCUT2D eigenvalue weighted by Crippen LogP contribution is 2.16. The summed E-state index contributed by atoms with van der Waals surface area (Å²) in [5.74, 6) is 0.0211. The first kappa shape index (κ1) is 13.8. The molecule has 1 aromatic heterocycles. The van der Waals surface area contributed by atoms with Crippen molar-refractivity contribution in [2.75, 3.05) is 13.1 Å². The summed E-state index contributed by atoms with van der Waals surface area (Å²) in [7, 11) is 0. The fraction of sp³-hybridized carbons (Fsp3) is 0.462. The Kier molecular flexibility index (Phi) is 4.74. The van der Waals surface area contributed by atoms with Crippen molar-refractivity contribution >= 4 is 17.5 Å². The van der Waals surface area contributed by atoms with Crippen molar-refractivity contribution in [3.05, 3.63) is 29.6 Å². The standard InChI is InChI=1S/C13H16ClN3O2/c1-2-4-12(18)17-6-3-5-11(9-17)19-13-15-7-10(14)8-16-13/h2,4,7-8,11H,3,5-6,9H2,1H3/b4-2+. The SMILES string of the molecule is C/C=C/C(=O)N1CCCC(Oc2ncc(Cl)cn2)C1. The van der Waals surface area contributed by atoms with Gasteiger partial charge in [-0.25, -0.2) is 9.97 Å². The van der Waals surface area contributed by atoms with Crippen molar-refractivity contribution in [2.24, 2.45) is 0 Å². The van der Waals surface area contributed by atoms with E-state index < -0.39 is 0 Å². The van der Waals surface area contributed by atoms with Crippen LogP contribution in [0.3, 0.4) is 0 Å². The number of carbonyl (C=O) groups excluding carboxylic acids is 1. The van der Waals surface area contributed by atoms with E-state index in [0.29, 0.717) is 17.6 Å². The Morgan fingerprint density at radius 2 is 2.26 bits per heavy atom. The quantitative estimate of drug-likeness (QED) is 0.796. The molecule has 1 aliphatic rings. The molecule has 2 rings (SSSR count). The Labute approximate surface area is 117 Å². The lowest BCUT2D eigenvalue weighted by molar-refractivity contribution is -0.128. The van der Waals surface area contributed by atoms with E-state index in [-0.39, 0.29) is 12.0 Å². The van der Waals surface area contributed by atoms with Crippen molar-refractivity contribution in [3.8, 4) is 6.01 Å². The third-order valence-corrected chi connectivity index (χ3v) is 3.06. The van der Waals surface area contributed by atoms with Crippen LogP contribution in [0.25, 0.3) is 0 Å². The van der Waals surface area contributed by atoms with Crippen molar-refractivity contribution in [2.45, 2.75) is 25.9 Å². The lowest BCUT2D eigenvalue weighted by atomic mass is 10.1. The zero-order valence-corrected chi connectivity index (χ0v) is 11.5. The Bertz CT molecular complexity index is 461. The number of likely N-dealkylation sites (tertiary alicyclic amines) is 1. The molecule has 19 heavy (non-hydrogen) atoms. The van der Waals surface area contributed by atoms with Gasteiger partial charge >= 0.3 is 6.01 Å². The number of nitrogens with zero attached hydrogens (tertiary/aromatic N) is 3. The van der Waals surface area contributed by atoms with Gasteiger partial charge in [0, 0.05) is 6.54 Å². The molecule has 0 saturated carbocycles. The molecule has 1 aromatic rings. The topological polar surface area (TPSA) is 55.3 Å². The van der Waals surface area contributed by atoms with Gasteiger partial charge in [0.2, 0.25) is 5.91 Å². The summed E-state index contributed by atoms with van der Waals surface area (Å²) < 4.78 is 5.67. The van der Waals surface area contributed by atoms with Crippen molar-refractivity contribution in [1.29, 1.82) is 0 Å². The first-order valence-corrected chi connectivity index (χ1v) is 6.62. The number of rotatable bonds is 3. The molecule has 6 heteroatoms. The van der Waals surface area contributed by atoms with E-state index >= 15 is 0 Å². The Morgan fingerprint density at radius 3 is 2.95 bits per heavy atom. The average molecular weight is 282 g/mol. The van der Waals surface area contributed by atoms with Gasteiger partial charge in [0.15, 0.2) is 0 Å².